The first-order valence-electron chi connectivity index (χ1n) is 8.33. The second-order valence-electron chi connectivity index (χ2n) is 5.85. The molecule has 1 saturated heterocycles. The van der Waals surface area contributed by atoms with Gasteiger partial charge in [0.05, 0.1) is 31.1 Å². The number of halogens is 1. The molecule has 8 heteroatoms. The summed E-state index contributed by atoms with van der Waals surface area (Å²) in [7, 11) is 1.56. The van der Waals surface area contributed by atoms with Crippen molar-refractivity contribution in [1.82, 2.24) is 14.9 Å². The van der Waals surface area contributed by atoms with E-state index in [1.165, 1.54) is 12.4 Å². The number of likely N-dealkylation sites (tertiary alicyclic amines) is 1. The molecule has 0 bridgehead atoms. The Morgan fingerprint density at radius 3 is 2.73 bits per heavy atom. The van der Waals surface area contributed by atoms with Gasteiger partial charge in [0, 0.05) is 6.54 Å². The van der Waals surface area contributed by atoms with E-state index < -0.39 is 0 Å². The number of benzene rings is 1. The minimum absolute atomic E-state index is 0.0511. The van der Waals surface area contributed by atoms with E-state index in [1.54, 1.807) is 24.1 Å². The van der Waals surface area contributed by atoms with Gasteiger partial charge in [-0.25, -0.2) is 9.97 Å². The first kappa shape index (κ1) is 18.3. The van der Waals surface area contributed by atoms with Crippen LogP contribution >= 0.6 is 11.6 Å². The molecule has 2 aromatic rings. The minimum atomic E-state index is -0.153. The second kappa shape index (κ2) is 8.71. The SMILES string of the molecule is COc1ccccc1OCC(=O)N1CCCC(Oc2ncc(Cl)cn2)C1. The van der Waals surface area contributed by atoms with Crippen molar-refractivity contribution in [2.45, 2.75) is 18.9 Å². The summed E-state index contributed by atoms with van der Waals surface area (Å²) in [5, 5.41) is 0.450. The van der Waals surface area contributed by atoms with Crippen LogP contribution in [-0.2, 0) is 4.79 Å². The fraction of sp³-hybridized carbons (Fsp3) is 0.389. The molecule has 1 atom stereocenters. The maximum absolute atomic E-state index is 12.5. The number of methoxy groups -OCH3 is 1. The second-order valence-corrected chi connectivity index (χ2v) is 6.28. The summed E-state index contributed by atoms with van der Waals surface area (Å²) in [6.07, 6.45) is 4.50. The molecule has 7 nitrogen and oxygen atoms in total. The standard InChI is InChI=1S/C18H20ClN3O4/c1-24-15-6-2-3-7-16(15)25-12-17(23)22-8-4-5-14(11-22)26-18-20-9-13(19)10-21-18/h2-3,6-7,9-10,14H,4-5,8,11-12H2,1H3. The normalized spacial score (nSPS) is 16.8. The first-order valence-corrected chi connectivity index (χ1v) is 8.71. The van der Waals surface area contributed by atoms with Crippen LogP contribution in [0.2, 0.25) is 5.02 Å². The van der Waals surface area contributed by atoms with Gasteiger partial charge < -0.3 is 19.1 Å². The molecule has 0 N–H and O–H groups in total. The lowest BCUT2D eigenvalue weighted by atomic mass is 10.1. The third-order valence-corrected chi connectivity index (χ3v) is 4.21. The van der Waals surface area contributed by atoms with Crippen LogP contribution < -0.4 is 14.2 Å². The Hall–Kier alpha value is -2.54. The highest BCUT2D eigenvalue weighted by Gasteiger charge is 2.26. The molecule has 1 unspecified atom stereocenters. The van der Waals surface area contributed by atoms with Gasteiger partial charge in [-0.15, -0.1) is 0 Å². The van der Waals surface area contributed by atoms with Gasteiger partial charge in [-0.2, -0.15) is 0 Å². The summed E-state index contributed by atoms with van der Waals surface area (Å²) >= 11 is 5.77. The minimum Gasteiger partial charge on any atom is -0.493 e. The Morgan fingerprint density at radius 2 is 2.00 bits per heavy atom. The number of hydrogen-bond donors (Lipinski definition) is 0. The summed E-state index contributed by atoms with van der Waals surface area (Å²) in [4.78, 5) is 22.3. The summed E-state index contributed by atoms with van der Waals surface area (Å²) in [5.41, 5.74) is 0. The molecule has 1 fully saturated rings. The molecular formula is C18H20ClN3O4. The van der Waals surface area contributed by atoms with Crippen molar-refractivity contribution >= 4 is 17.5 Å². The molecule has 3 rings (SSSR count). The zero-order valence-electron chi connectivity index (χ0n) is 14.4. The maximum atomic E-state index is 12.5. The van der Waals surface area contributed by atoms with Crippen molar-refractivity contribution in [3.05, 3.63) is 41.7 Å². The molecule has 1 amide bonds. The number of amides is 1. The monoisotopic (exact) mass is 377 g/mol. The third kappa shape index (κ3) is 4.76. The molecule has 138 valence electrons. The number of nitrogens with zero attached hydrogens (tertiary/aromatic N) is 3. The Kier molecular flexibility index (Phi) is 6.12. The van der Waals surface area contributed by atoms with Gasteiger partial charge in [-0.05, 0) is 25.0 Å². The molecule has 0 radical (unpaired) electrons. The maximum Gasteiger partial charge on any atom is 0.316 e. The number of carbonyl (C=O) groups is 1. The largest absolute Gasteiger partial charge is 0.493 e. The Balaban J connectivity index is 1.53. The fourth-order valence-electron chi connectivity index (χ4n) is 2.74. The Labute approximate surface area is 156 Å². The molecule has 26 heavy (non-hydrogen) atoms. The van der Waals surface area contributed by atoms with Crippen molar-refractivity contribution in [3.63, 3.8) is 0 Å². The predicted molar refractivity (Wildman–Crippen MR) is 95.8 cm³/mol. The van der Waals surface area contributed by atoms with Crippen molar-refractivity contribution in [1.29, 1.82) is 0 Å². The quantitative estimate of drug-likeness (QED) is 0.770. The van der Waals surface area contributed by atoms with E-state index in [9.17, 15) is 4.79 Å². The third-order valence-electron chi connectivity index (χ3n) is 4.02. The van der Waals surface area contributed by atoms with Crippen LogP contribution in [0.15, 0.2) is 36.7 Å². The molecule has 2 heterocycles. The molecule has 1 aliphatic rings. The highest BCUT2D eigenvalue weighted by molar-refractivity contribution is 6.30. The van der Waals surface area contributed by atoms with E-state index in [-0.39, 0.29) is 24.6 Å². The highest BCUT2D eigenvalue weighted by Crippen LogP contribution is 2.26. The van der Waals surface area contributed by atoms with E-state index in [1.807, 2.05) is 12.1 Å². The number of para-hydroxylation sites is 2. The Morgan fingerprint density at radius 1 is 1.27 bits per heavy atom. The van der Waals surface area contributed by atoms with Gasteiger partial charge >= 0.3 is 6.01 Å². The number of piperidine rings is 1. The first-order chi connectivity index (χ1) is 12.7. The molecule has 1 aromatic carbocycles. The number of aromatic nitrogens is 2. The molecular weight excluding hydrogens is 358 g/mol. The van der Waals surface area contributed by atoms with Gasteiger partial charge in [0.1, 0.15) is 6.10 Å². The Bertz CT molecular complexity index is 741. The van der Waals surface area contributed by atoms with E-state index in [0.29, 0.717) is 29.6 Å². The molecule has 0 saturated carbocycles. The average molecular weight is 378 g/mol. The van der Waals surface area contributed by atoms with Gasteiger partial charge in [-0.3, -0.25) is 4.79 Å². The number of carbonyl (C=O) groups excluding carboxylic acids is 1. The van der Waals surface area contributed by atoms with E-state index in [0.717, 1.165) is 12.8 Å². The van der Waals surface area contributed by atoms with Crippen molar-refractivity contribution in [3.8, 4) is 17.5 Å². The lowest BCUT2D eigenvalue weighted by Crippen LogP contribution is -2.46. The van der Waals surface area contributed by atoms with Crippen molar-refractivity contribution < 1.29 is 19.0 Å². The van der Waals surface area contributed by atoms with Crippen LogP contribution in [0.25, 0.3) is 0 Å². The zero-order valence-corrected chi connectivity index (χ0v) is 15.2. The summed E-state index contributed by atoms with van der Waals surface area (Å²) < 4.78 is 16.6. The van der Waals surface area contributed by atoms with E-state index in [2.05, 4.69) is 9.97 Å². The zero-order chi connectivity index (χ0) is 18.4. The predicted octanol–water partition coefficient (Wildman–Crippen LogP) is 2.59. The van der Waals surface area contributed by atoms with E-state index in [4.69, 9.17) is 25.8 Å². The fourth-order valence-corrected chi connectivity index (χ4v) is 2.84. The van der Waals surface area contributed by atoms with Crippen LogP contribution in [0.3, 0.4) is 0 Å². The molecule has 1 aromatic heterocycles. The lowest BCUT2D eigenvalue weighted by Gasteiger charge is -2.32. The molecule has 0 spiro atoms. The van der Waals surface area contributed by atoms with Crippen LogP contribution in [-0.4, -0.2) is 53.7 Å². The number of rotatable bonds is 6. The summed E-state index contributed by atoms with van der Waals surface area (Å²) in [6, 6.07) is 7.50. The lowest BCUT2D eigenvalue weighted by molar-refractivity contribution is -0.136. The highest BCUT2D eigenvalue weighted by atomic mass is 35.5. The topological polar surface area (TPSA) is 73.8 Å². The van der Waals surface area contributed by atoms with Crippen molar-refractivity contribution in [2.24, 2.45) is 0 Å². The summed E-state index contributed by atoms with van der Waals surface area (Å²) in [6.45, 7) is 1.10. The summed E-state index contributed by atoms with van der Waals surface area (Å²) in [5.74, 6) is 1.05. The van der Waals surface area contributed by atoms with Crippen LogP contribution in [0.5, 0.6) is 17.5 Å². The van der Waals surface area contributed by atoms with Gasteiger partial charge in [0.15, 0.2) is 18.1 Å². The smallest absolute Gasteiger partial charge is 0.316 e. The van der Waals surface area contributed by atoms with Gasteiger partial charge in [0.2, 0.25) is 0 Å². The number of hydrogen-bond acceptors (Lipinski definition) is 6. The molecule has 1 aliphatic heterocycles. The van der Waals surface area contributed by atoms with Crippen LogP contribution in [0, 0.1) is 0 Å². The average Bonchev–Trinajstić information content (AvgIpc) is 2.68. The number of ether oxygens (including phenoxy) is 3. The van der Waals surface area contributed by atoms with Crippen molar-refractivity contribution in [2.75, 3.05) is 26.8 Å². The van der Waals surface area contributed by atoms with Gasteiger partial charge in [0.25, 0.3) is 5.91 Å². The van der Waals surface area contributed by atoms with E-state index >= 15 is 0 Å². The van der Waals surface area contributed by atoms with Crippen LogP contribution in [0.4, 0.5) is 0 Å². The van der Waals surface area contributed by atoms with Gasteiger partial charge in [-0.1, -0.05) is 23.7 Å². The van der Waals surface area contributed by atoms with Crippen LogP contribution in [0.1, 0.15) is 12.8 Å². The molecule has 0 aliphatic carbocycles.